The van der Waals surface area contributed by atoms with Crippen LogP contribution in [-0.4, -0.2) is 10.9 Å². The monoisotopic (exact) mass is 260 g/mol. The second-order valence-corrected chi connectivity index (χ2v) is 4.40. The maximum absolute atomic E-state index is 11.8. The van der Waals surface area contributed by atoms with Gasteiger partial charge in [-0.2, -0.15) is 0 Å². The number of pyridine rings is 1. The van der Waals surface area contributed by atoms with E-state index in [1.165, 1.54) is 0 Å². The molecule has 2 aromatic rings. The summed E-state index contributed by atoms with van der Waals surface area (Å²) in [5.41, 5.74) is 2.37. The molecule has 0 radical (unpaired) electrons. The molecule has 0 saturated heterocycles. The molecule has 1 amide bonds. The highest BCUT2D eigenvalue weighted by atomic mass is 35.5. The van der Waals surface area contributed by atoms with Crippen LogP contribution in [0, 0.1) is 6.92 Å². The van der Waals surface area contributed by atoms with Gasteiger partial charge in [0.05, 0.1) is 12.2 Å². The van der Waals surface area contributed by atoms with Gasteiger partial charge in [0.25, 0.3) is 5.91 Å². The van der Waals surface area contributed by atoms with E-state index in [0.29, 0.717) is 17.1 Å². The molecule has 0 saturated carbocycles. The van der Waals surface area contributed by atoms with Crippen molar-refractivity contribution in [2.45, 2.75) is 13.5 Å². The molecular weight excluding hydrogens is 248 g/mol. The van der Waals surface area contributed by atoms with E-state index < -0.39 is 0 Å². The number of carbonyl (C=O) groups is 1. The Morgan fingerprint density at radius 3 is 2.61 bits per heavy atom. The number of hydrogen-bond acceptors (Lipinski definition) is 2. The molecule has 1 heterocycles. The van der Waals surface area contributed by atoms with Gasteiger partial charge in [-0.05, 0) is 43.3 Å². The number of nitrogens with zero attached hydrogens (tertiary/aromatic N) is 1. The molecule has 0 aliphatic rings. The van der Waals surface area contributed by atoms with Crippen LogP contribution in [0.4, 0.5) is 0 Å². The molecule has 3 nitrogen and oxygen atoms in total. The van der Waals surface area contributed by atoms with E-state index >= 15 is 0 Å². The number of amides is 1. The van der Waals surface area contributed by atoms with Crippen LogP contribution in [0.25, 0.3) is 0 Å². The summed E-state index contributed by atoms with van der Waals surface area (Å²) < 4.78 is 0. The molecule has 18 heavy (non-hydrogen) atoms. The lowest BCUT2D eigenvalue weighted by Gasteiger charge is -2.05. The topological polar surface area (TPSA) is 42.0 Å². The van der Waals surface area contributed by atoms with Crippen molar-refractivity contribution in [3.05, 3.63) is 64.4 Å². The first-order valence-electron chi connectivity index (χ1n) is 5.61. The molecule has 0 fully saturated rings. The number of hydrogen-bond donors (Lipinski definition) is 1. The van der Waals surface area contributed by atoms with Gasteiger partial charge in [0.2, 0.25) is 0 Å². The van der Waals surface area contributed by atoms with Gasteiger partial charge in [0, 0.05) is 16.3 Å². The van der Waals surface area contributed by atoms with Gasteiger partial charge < -0.3 is 5.32 Å². The summed E-state index contributed by atoms with van der Waals surface area (Å²) in [6.45, 7) is 2.34. The number of benzene rings is 1. The Morgan fingerprint density at radius 1 is 1.22 bits per heavy atom. The van der Waals surface area contributed by atoms with Gasteiger partial charge in [0.1, 0.15) is 0 Å². The van der Waals surface area contributed by atoms with Crippen LogP contribution in [0.15, 0.2) is 42.5 Å². The van der Waals surface area contributed by atoms with Crippen LogP contribution in [0.3, 0.4) is 0 Å². The van der Waals surface area contributed by atoms with E-state index in [-0.39, 0.29) is 5.91 Å². The zero-order valence-corrected chi connectivity index (χ0v) is 10.7. The molecule has 2 rings (SSSR count). The van der Waals surface area contributed by atoms with Crippen molar-refractivity contribution in [1.29, 1.82) is 0 Å². The molecule has 0 unspecified atom stereocenters. The zero-order valence-electron chi connectivity index (χ0n) is 9.98. The Morgan fingerprint density at radius 2 is 1.94 bits per heavy atom. The smallest absolute Gasteiger partial charge is 0.251 e. The summed E-state index contributed by atoms with van der Waals surface area (Å²) >= 11 is 5.77. The van der Waals surface area contributed by atoms with E-state index in [2.05, 4.69) is 10.3 Å². The molecule has 0 aliphatic carbocycles. The van der Waals surface area contributed by atoms with E-state index in [4.69, 9.17) is 11.6 Å². The van der Waals surface area contributed by atoms with Crippen molar-refractivity contribution in [2.75, 3.05) is 0 Å². The van der Waals surface area contributed by atoms with Gasteiger partial charge in [-0.25, -0.2) is 0 Å². The zero-order chi connectivity index (χ0) is 13.0. The third kappa shape index (κ3) is 3.31. The lowest BCUT2D eigenvalue weighted by molar-refractivity contribution is 0.0950. The standard InChI is InChI=1S/C14H13ClN2O/c1-10-3-2-4-13(17-10)9-16-14(18)11-5-7-12(15)8-6-11/h2-8H,9H2,1H3,(H,16,18). The Hall–Kier alpha value is -1.87. The first-order valence-corrected chi connectivity index (χ1v) is 5.99. The van der Waals surface area contributed by atoms with Gasteiger partial charge >= 0.3 is 0 Å². The Labute approximate surface area is 111 Å². The summed E-state index contributed by atoms with van der Waals surface area (Å²) in [5.74, 6) is -0.130. The highest BCUT2D eigenvalue weighted by Gasteiger charge is 2.05. The average molecular weight is 261 g/mol. The number of nitrogens with one attached hydrogen (secondary N) is 1. The van der Waals surface area contributed by atoms with Gasteiger partial charge in [-0.1, -0.05) is 17.7 Å². The van der Waals surface area contributed by atoms with Crippen molar-refractivity contribution >= 4 is 17.5 Å². The predicted octanol–water partition coefficient (Wildman–Crippen LogP) is 2.97. The second-order valence-electron chi connectivity index (χ2n) is 3.96. The SMILES string of the molecule is Cc1cccc(CNC(=O)c2ccc(Cl)cc2)n1. The van der Waals surface area contributed by atoms with Crippen molar-refractivity contribution < 1.29 is 4.79 Å². The molecule has 1 N–H and O–H groups in total. The first-order chi connectivity index (χ1) is 8.65. The molecule has 0 atom stereocenters. The summed E-state index contributed by atoms with van der Waals surface area (Å²) in [6.07, 6.45) is 0. The average Bonchev–Trinajstić information content (AvgIpc) is 2.37. The Balaban J connectivity index is 1.98. The van der Waals surface area contributed by atoms with Crippen molar-refractivity contribution in [1.82, 2.24) is 10.3 Å². The quantitative estimate of drug-likeness (QED) is 0.922. The van der Waals surface area contributed by atoms with E-state index in [1.807, 2.05) is 25.1 Å². The normalized spacial score (nSPS) is 10.1. The fourth-order valence-electron chi connectivity index (χ4n) is 1.57. The highest BCUT2D eigenvalue weighted by molar-refractivity contribution is 6.30. The first kappa shape index (κ1) is 12.6. The number of aryl methyl sites for hydroxylation is 1. The van der Waals surface area contributed by atoms with Crippen LogP contribution in [-0.2, 0) is 6.54 Å². The minimum atomic E-state index is -0.130. The second kappa shape index (κ2) is 5.65. The molecule has 4 heteroatoms. The maximum atomic E-state index is 11.8. The van der Waals surface area contributed by atoms with Gasteiger partial charge in [-0.15, -0.1) is 0 Å². The van der Waals surface area contributed by atoms with E-state index in [1.54, 1.807) is 24.3 Å². The lowest BCUT2D eigenvalue weighted by atomic mass is 10.2. The fraction of sp³-hybridized carbons (Fsp3) is 0.143. The number of halogens is 1. The van der Waals surface area contributed by atoms with Crippen molar-refractivity contribution in [3.63, 3.8) is 0 Å². The van der Waals surface area contributed by atoms with Gasteiger partial charge in [-0.3, -0.25) is 9.78 Å². The maximum Gasteiger partial charge on any atom is 0.251 e. The molecule has 1 aromatic heterocycles. The summed E-state index contributed by atoms with van der Waals surface area (Å²) in [6, 6.07) is 12.5. The van der Waals surface area contributed by atoms with Crippen LogP contribution >= 0.6 is 11.6 Å². The molecule has 92 valence electrons. The minimum absolute atomic E-state index is 0.130. The predicted molar refractivity (Wildman–Crippen MR) is 71.6 cm³/mol. The largest absolute Gasteiger partial charge is 0.346 e. The summed E-state index contributed by atoms with van der Waals surface area (Å²) in [5, 5.41) is 3.43. The van der Waals surface area contributed by atoms with Crippen LogP contribution in [0.5, 0.6) is 0 Å². The van der Waals surface area contributed by atoms with Crippen molar-refractivity contribution in [2.24, 2.45) is 0 Å². The number of aromatic nitrogens is 1. The van der Waals surface area contributed by atoms with E-state index in [9.17, 15) is 4.79 Å². The Kier molecular flexibility index (Phi) is 3.95. The lowest BCUT2D eigenvalue weighted by Crippen LogP contribution is -2.23. The minimum Gasteiger partial charge on any atom is -0.346 e. The van der Waals surface area contributed by atoms with Crippen molar-refractivity contribution in [3.8, 4) is 0 Å². The van der Waals surface area contributed by atoms with Crippen LogP contribution < -0.4 is 5.32 Å². The molecule has 0 spiro atoms. The van der Waals surface area contributed by atoms with Crippen LogP contribution in [0.1, 0.15) is 21.7 Å². The number of carbonyl (C=O) groups excluding carboxylic acids is 1. The summed E-state index contributed by atoms with van der Waals surface area (Å²) in [7, 11) is 0. The molecular formula is C14H13ClN2O. The van der Waals surface area contributed by atoms with Crippen LogP contribution in [0.2, 0.25) is 5.02 Å². The Bertz CT molecular complexity index is 552. The third-order valence-corrected chi connectivity index (χ3v) is 2.73. The third-order valence-electron chi connectivity index (χ3n) is 2.48. The van der Waals surface area contributed by atoms with E-state index in [0.717, 1.165) is 11.4 Å². The fourth-order valence-corrected chi connectivity index (χ4v) is 1.70. The molecule has 0 bridgehead atoms. The summed E-state index contributed by atoms with van der Waals surface area (Å²) in [4.78, 5) is 16.1. The molecule has 0 aliphatic heterocycles. The van der Waals surface area contributed by atoms with Gasteiger partial charge in [0.15, 0.2) is 0 Å². The number of rotatable bonds is 3. The highest BCUT2D eigenvalue weighted by Crippen LogP contribution is 2.09. The molecule has 1 aromatic carbocycles.